The van der Waals surface area contributed by atoms with E-state index in [-0.39, 0.29) is 29.4 Å². The zero-order valence-electron chi connectivity index (χ0n) is 19.5. The van der Waals surface area contributed by atoms with Gasteiger partial charge in [0.15, 0.2) is 23.2 Å². The normalized spacial score (nSPS) is 22.9. The van der Waals surface area contributed by atoms with Gasteiger partial charge in [0.25, 0.3) is 5.91 Å². The molecule has 3 aromatic rings. The summed E-state index contributed by atoms with van der Waals surface area (Å²) >= 11 is 0. The first-order valence-corrected chi connectivity index (χ1v) is 11.3. The molecule has 182 valence electrons. The third-order valence-corrected chi connectivity index (χ3v) is 6.61. The van der Waals surface area contributed by atoms with Crippen LogP contribution < -0.4 is 4.74 Å². The van der Waals surface area contributed by atoms with Gasteiger partial charge in [0, 0.05) is 6.20 Å². The Morgan fingerprint density at radius 2 is 1.89 bits per heavy atom. The quantitative estimate of drug-likeness (QED) is 0.383. The number of benzene rings is 2. The summed E-state index contributed by atoms with van der Waals surface area (Å²) in [5.74, 6) is -3.73. The second-order valence-corrected chi connectivity index (χ2v) is 8.86. The minimum atomic E-state index is -1.52. The summed E-state index contributed by atoms with van der Waals surface area (Å²) in [6.45, 7) is 3.75. The summed E-state index contributed by atoms with van der Waals surface area (Å²) in [6.07, 6.45) is 5.97. The molecule has 3 heterocycles. The van der Waals surface area contributed by atoms with Gasteiger partial charge in [-0.15, -0.1) is 0 Å². The molecule has 1 aromatic heterocycles. The Bertz CT molecular complexity index is 1310. The number of hydrogen-bond donors (Lipinski definition) is 0. The van der Waals surface area contributed by atoms with E-state index in [4.69, 9.17) is 9.47 Å². The van der Waals surface area contributed by atoms with Crippen molar-refractivity contribution >= 4 is 12.0 Å². The molecule has 0 aliphatic carbocycles. The maximum atomic E-state index is 13.9. The lowest BCUT2D eigenvalue weighted by molar-refractivity contribution is -0.144. The monoisotopic (exact) mass is 483 g/mol. The SMILES string of the molecule is COc1cc(/C=C2\O[C@@H](C)[C@H]3CC[C@@H](c4cc(F)c(F)c(F)c4)N3C2=O)ccc1-n1cnc(C)c1. The van der Waals surface area contributed by atoms with Crippen LogP contribution in [0.1, 0.15) is 42.6 Å². The Balaban J connectivity index is 1.48. The van der Waals surface area contributed by atoms with Crippen LogP contribution in [0.5, 0.6) is 5.75 Å². The van der Waals surface area contributed by atoms with Crippen molar-refractivity contribution in [2.45, 2.75) is 44.9 Å². The van der Waals surface area contributed by atoms with Gasteiger partial charge in [-0.25, -0.2) is 18.2 Å². The number of aryl methyl sites for hydroxylation is 1. The largest absolute Gasteiger partial charge is 0.495 e. The van der Waals surface area contributed by atoms with E-state index in [0.29, 0.717) is 24.2 Å². The molecular weight excluding hydrogens is 459 g/mol. The van der Waals surface area contributed by atoms with E-state index in [1.807, 2.05) is 36.7 Å². The third-order valence-electron chi connectivity index (χ3n) is 6.61. The third kappa shape index (κ3) is 4.05. The lowest BCUT2D eigenvalue weighted by Gasteiger charge is -2.39. The summed E-state index contributed by atoms with van der Waals surface area (Å²) < 4.78 is 54.7. The number of rotatable bonds is 4. The van der Waals surface area contributed by atoms with Gasteiger partial charge in [-0.1, -0.05) is 6.07 Å². The topological polar surface area (TPSA) is 56.6 Å². The first-order valence-electron chi connectivity index (χ1n) is 11.3. The van der Waals surface area contributed by atoms with E-state index in [1.54, 1.807) is 30.5 Å². The highest BCUT2D eigenvalue weighted by molar-refractivity contribution is 5.97. The number of imidazole rings is 1. The second kappa shape index (κ2) is 8.79. The number of aromatic nitrogens is 2. The molecule has 0 N–H and O–H groups in total. The first kappa shape index (κ1) is 23.0. The van der Waals surface area contributed by atoms with Crippen molar-refractivity contribution in [3.8, 4) is 11.4 Å². The van der Waals surface area contributed by atoms with Gasteiger partial charge in [0.05, 0.1) is 36.9 Å². The van der Waals surface area contributed by atoms with Crippen molar-refractivity contribution in [3.05, 3.63) is 82.9 Å². The van der Waals surface area contributed by atoms with E-state index in [1.165, 1.54) is 0 Å². The van der Waals surface area contributed by atoms with Crippen LogP contribution in [0.2, 0.25) is 0 Å². The molecule has 6 nitrogen and oxygen atoms in total. The van der Waals surface area contributed by atoms with Crippen LogP contribution in [0.15, 0.2) is 48.6 Å². The van der Waals surface area contributed by atoms with Gasteiger partial charge in [-0.05, 0) is 68.2 Å². The zero-order chi connectivity index (χ0) is 24.9. The molecule has 2 saturated heterocycles. The molecule has 0 spiro atoms. The van der Waals surface area contributed by atoms with Crippen molar-refractivity contribution in [1.29, 1.82) is 0 Å². The number of carbonyl (C=O) groups is 1. The minimum absolute atomic E-state index is 0.122. The molecule has 0 bridgehead atoms. The number of nitrogens with zero attached hydrogens (tertiary/aromatic N) is 3. The van der Waals surface area contributed by atoms with Gasteiger partial charge in [0.1, 0.15) is 11.9 Å². The van der Waals surface area contributed by atoms with Crippen LogP contribution >= 0.6 is 0 Å². The van der Waals surface area contributed by atoms with Gasteiger partial charge >= 0.3 is 0 Å². The maximum absolute atomic E-state index is 13.9. The molecule has 0 saturated carbocycles. The fraction of sp³-hybridized carbons (Fsp3) is 0.308. The van der Waals surface area contributed by atoms with E-state index in [0.717, 1.165) is 23.5 Å². The van der Waals surface area contributed by atoms with Gasteiger partial charge < -0.3 is 18.9 Å². The number of carbonyl (C=O) groups excluding carboxylic acids is 1. The predicted octanol–water partition coefficient (Wildman–Crippen LogP) is 5.10. The molecule has 0 unspecified atom stereocenters. The first-order chi connectivity index (χ1) is 16.8. The summed E-state index contributed by atoms with van der Waals surface area (Å²) in [4.78, 5) is 19.3. The van der Waals surface area contributed by atoms with Crippen LogP contribution in [-0.4, -0.2) is 39.6 Å². The molecule has 9 heteroatoms. The Hall–Kier alpha value is -3.75. The Labute approximate surface area is 200 Å². The van der Waals surface area contributed by atoms with E-state index < -0.39 is 23.5 Å². The Morgan fingerprint density at radius 3 is 2.54 bits per heavy atom. The van der Waals surface area contributed by atoms with Crippen LogP contribution in [0.3, 0.4) is 0 Å². The lowest BCUT2D eigenvalue weighted by atomic mass is 10.0. The summed E-state index contributed by atoms with van der Waals surface area (Å²) in [6, 6.07) is 6.58. The highest BCUT2D eigenvalue weighted by Crippen LogP contribution is 2.43. The summed E-state index contributed by atoms with van der Waals surface area (Å²) in [5.41, 5.74) is 2.57. The highest BCUT2D eigenvalue weighted by Gasteiger charge is 2.46. The molecule has 35 heavy (non-hydrogen) atoms. The van der Waals surface area contributed by atoms with Crippen LogP contribution in [0, 0.1) is 24.4 Å². The number of methoxy groups -OCH3 is 1. The van der Waals surface area contributed by atoms with E-state index in [2.05, 4.69) is 4.98 Å². The van der Waals surface area contributed by atoms with Crippen molar-refractivity contribution in [3.63, 3.8) is 0 Å². The fourth-order valence-electron chi connectivity index (χ4n) is 4.94. The van der Waals surface area contributed by atoms with E-state index in [9.17, 15) is 18.0 Å². The second-order valence-electron chi connectivity index (χ2n) is 8.86. The van der Waals surface area contributed by atoms with Crippen LogP contribution in [0.25, 0.3) is 11.8 Å². The number of amides is 1. The Morgan fingerprint density at radius 1 is 1.14 bits per heavy atom. The van der Waals surface area contributed by atoms with Crippen molar-refractivity contribution in [2.24, 2.45) is 0 Å². The Kier molecular flexibility index (Phi) is 5.78. The van der Waals surface area contributed by atoms with Gasteiger partial charge in [0.2, 0.25) is 0 Å². The molecule has 2 aliphatic rings. The molecule has 5 rings (SSSR count). The summed E-state index contributed by atoms with van der Waals surface area (Å²) in [5, 5.41) is 0. The molecule has 2 fully saturated rings. The number of halogens is 3. The van der Waals surface area contributed by atoms with Crippen molar-refractivity contribution in [1.82, 2.24) is 14.5 Å². The predicted molar refractivity (Wildman–Crippen MR) is 122 cm³/mol. The van der Waals surface area contributed by atoms with Gasteiger partial charge in [-0.2, -0.15) is 0 Å². The minimum Gasteiger partial charge on any atom is -0.495 e. The van der Waals surface area contributed by atoms with Crippen LogP contribution in [0.4, 0.5) is 13.2 Å². The standard InChI is InChI=1S/C26H24F3N3O3/c1-14-12-31(13-30-14)22-5-4-16(8-23(22)34-3)9-24-26(33)32-20(15(2)35-24)6-7-21(32)17-10-18(27)25(29)19(28)11-17/h4-5,8-13,15,20-21H,6-7H2,1-3H3/b24-9-/t15-,20+,21-/m0/s1. The molecule has 0 radical (unpaired) electrons. The van der Waals surface area contributed by atoms with Crippen LogP contribution in [-0.2, 0) is 9.53 Å². The maximum Gasteiger partial charge on any atom is 0.289 e. The number of ether oxygens (including phenoxy) is 2. The van der Waals surface area contributed by atoms with Crippen molar-refractivity contribution < 1.29 is 27.4 Å². The highest BCUT2D eigenvalue weighted by atomic mass is 19.2. The number of hydrogen-bond acceptors (Lipinski definition) is 4. The molecular formula is C26H24F3N3O3. The number of morpholine rings is 1. The zero-order valence-corrected chi connectivity index (χ0v) is 19.5. The van der Waals surface area contributed by atoms with Gasteiger partial charge in [-0.3, -0.25) is 4.79 Å². The molecule has 2 aliphatic heterocycles. The van der Waals surface area contributed by atoms with Crippen molar-refractivity contribution in [2.75, 3.05) is 7.11 Å². The van der Waals surface area contributed by atoms with E-state index >= 15 is 0 Å². The number of fused-ring (bicyclic) bond motifs is 1. The summed E-state index contributed by atoms with van der Waals surface area (Å²) in [7, 11) is 1.56. The molecule has 2 aromatic carbocycles. The molecule has 1 amide bonds. The lowest BCUT2D eigenvalue weighted by Crippen LogP contribution is -2.49. The smallest absolute Gasteiger partial charge is 0.289 e. The average Bonchev–Trinajstić information content (AvgIpc) is 3.47. The molecule has 3 atom stereocenters. The fourth-order valence-corrected chi connectivity index (χ4v) is 4.94. The average molecular weight is 483 g/mol.